The summed E-state index contributed by atoms with van der Waals surface area (Å²) in [7, 11) is 0. The molecule has 0 radical (unpaired) electrons. The molecule has 8 heteroatoms. The second kappa shape index (κ2) is 9.79. The monoisotopic (exact) mass is 494 g/mol. The van der Waals surface area contributed by atoms with Crippen LogP contribution in [0.4, 0.5) is 17.6 Å². The van der Waals surface area contributed by atoms with Gasteiger partial charge in [-0.2, -0.15) is 0 Å². The van der Waals surface area contributed by atoms with Gasteiger partial charge in [0, 0.05) is 34.6 Å². The molecule has 5 rings (SSSR count). The van der Waals surface area contributed by atoms with Gasteiger partial charge in [0.1, 0.15) is 12.2 Å². The minimum Gasteiger partial charge on any atom is -0.385 e. The highest BCUT2D eigenvalue weighted by Crippen LogP contribution is 2.36. The molecule has 36 heavy (non-hydrogen) atoms. The molecule has 4 aromatic rings. The van der Waals surface area contributed by atoms with Gasteiger partial charge in [0.15, 0.2) is 29.1 Å². The van der Waals surface area contributed by atoms with E-state index in [-0.39, 0.29) is 40.6 Å². The number of aliphatic hydroxyl groups is 1. The molecule has 0 spiro atoms. The number of epoxide rings is 1. The Morgan fingerprint density at radius 1 is 0.806 bits per heavy atom. The molecule has 4 nitrogen and oxygen atoms in total. The minimum absolute atomic E-state index is 0.0336. The highest BCUT2D eigenvalue weighted by Gasteiger charge is 2.30. The molecular formula is C28H22F4N2O2. The topological polar surface area (TPSA) is 58.5 Å². The Balaban J connectivity index is 1.29. The van der Waals surface area contributed by atoms with Crippen molar-refractivity contribution in [2.24, 2.45) is 0 Å². The first-order chi connectivity index (χ1) is 17.3. The highest BCUT2D eigenvalue weighted by atomic mass is 19.2. The predicted molar refractivity (Wildman–Crippen MR) is 126 cm³/mol. The second-order valence-electron chi connectivity index (χ2n) is 8.76. The molecule has 0 amide bonds. The summed E-state index contributed by atoms with van der Waals surface area (Å²) in [6.07, 6.45) is 2.13. The van der Waals surface area contributed by atoms with Crippen molar-refractivity contribution in [2.45, 2.75) is 32.0 Å². The van der Waals surface area contributed by atoms with Crippen LogP contribution in [0.2, 0.25) is 0 Å². The number of halogens is 4. The number of aryl methyl sites for hydroxylation is 2. The number of hydrogen-bond acceptors (Lipinski definition) is 4. The van der Waals surface area contributed by atoms with E-state index in [0.29, 0.717) is 24.2 Å². The SMILES string of the molecule is CC(O)c1ncc(-c2ccc(CCc3ccc(-c4ccc(C5CO5)c(F)c4F)cc3)c(F)c2F)cn1. The fourth-order valence-electron chi connectivity index (χ4n) is 4.09. The van der Waals surface area contributed by atoms with E-state index in [1.54, 1.807) is 24.3 Å². The fourth-order valence-corrected chi connectivity index (χ4v) is 4.09. The third-order valence-corrected chi connectivity index (χ3v) is 6.26. The van der Waals surface area contributed by atoms with Crippen molar-refractivity contribution in [3.05, 3.63) is 107 Å². The van der Waals surface area contributed by atoms with E-state index in [1.165, 1.54) is 43.6 Å². The number of hydrogen-bond donors (Lipinski definition) is 1. The van der Waals surface area contributed by atoms with Gasteiger partial charge in [-0.05, 0) is 36.5 Å². The Labute approximate surface area is 205 Å². The zero-order chi connectivity index (χ0) is 25.4. The average Bonchev–Trinajstić information content (AvgIpc) is 3.72. The first kappa shape index (κ1) is 24.1. The first-order valence-electron chi connectivity index (χ1n) is 11.5. The molecule has 3 aromatic carbocycles. The largest absolute Gasteiger partial charge is 0.385 e. The van der Waals surface area contributed by atoms with Crippen molar-refractivity contribution in [1.29, 1.82) is 0 Å². The number of benzene rings is 3. The Bertz CT molecular complexity index is 1400. The number of aromatic nitrogens is 2. The Morgan fingerprint density at radius 3 is 2.06 bits per heavy atom. The fraction of sp³-hybridized carbons (Fsp3) is 0.214. The van der Waals surface area contributed by atoms with Crippen LogP contribution in [0.1, 0.15) is 41.6 Å². The van der Waals surface area contributed by atoms with Crippen molar-refractivity contribution in [3.8, 4) is 22.3 Å². The number of nitrogens with zero attached hydrogens (tertiary/aromatic N) is 2. The summed E-state index contributed by atoms with van der Waals surface area (Å²) in [5, 5.41) is 9.50. The molecule has 1 aliphatic rings. The van der Waals surface area contributed by atoms with Crippen molar-refractivity contribution in [2.75, 3.05) is 6.61 Å². The van der Waals surface area contributed by atoms with E-state index >= 15 is 0 Å². The number of ether oxygens (including phenoxy) is 1. The average molecular weight is 494 g/mol. The Kier molecular flexibility index (Phi) is 6.55. The van der Waals surface area contributed by atoms with Gasteiger partial charge in [-0.3, -0.25) is 0 Å². The molecule has 1 saturated heterocycles. The smallest absolute Gasteiger partial charge is 0.167 e. The van der Waals surface area contributed by atoms with E-state index in [1.807, 2.05) is 0 Å². The lowest BCUT2D eigenvalue weighted by atomic mass is 9.97. The van der Waals surface area contributed by atoms with Crippen LogP contribution in [0.15, 0.2) is 60.9 Å². The van der Waals surface area contributed by atoms with E-state index < -0.39 is 29.4 Å². The van der Waals surface area contributed by atoms with E-state index in [4.69, 9.17) is 4.74 Å². The molecule has 1 aliphatic heterocycles. The van der Waals surface area contributed by atoms with Gasteiger partial charge in [0.25, 0.3) is 0 Å². The van der Waals surface area contributed by atoms with Crippen LogP contribution in [0, 0.1) is 23.3 Å². The molecule has 2 atom stereocenters. The number of rotatable bonds is 7. The van der Waals surface area contributed by atoms with Crippen LogP contribution in [0.3, 0.4) is 0 Å². The maximum absolute atomic E-state index is 14.8. The van der Waals surface area contributed by atoms with Gasteiger partial charge in [-0.15, -0.1) is 0 Å². The van der Waals surface area contributed by atoms with Crippen LogP contribution >= 0.6 is 0 Å². The molecule has 0 aliphatic carbocycles. The second-order valence-corrected chi connectivity index (χ2v) is 8.76. The normalized spacial score (nSPS) is 15.7. The molecule has 0 saturated carbocycles. The lowest BCUT2D eigenvalue weighted by Crippen LogP contribution is -2.02. The quantitative estimate of drug-likeness (QED) is 0.243. The summed E-state index contributed by atoms with van der Waals surface area (Å²) in [5.74, 6) is -3.56. The van der Waals surface area contributed by atoms with Crippen LogP contribution in [-0.2, 0) is 17.6 Å². The van der Waals surface area contributed by atoms with Gasteiger partial charge in [-0.1, -0.05) is 48.5 Å². The van der Waals surface area contributed by atoms with Crippen molar-refractivity contribution in [1.82, 2.24) is 9.97 Å². The summed E-state index contributed by atoms with van der Waals surface area (Å²) in [6.45, 7) is 1.90. The van der Waals surface area contributed by atoms with Gasteiger partial charge in [0.05, 0.1) is 6.61 Å². The van der Waals surface area contributed by atoms with Crippen LogP contribution in [-0.4, -0.2) is 21.7 Å². The molecule has 1 aromatic heterocycles. The Hall–Kier alpha value is -3.62. The molecule has 1 N–H and O–H groups in total. The molecule has 184 valence electrons. The summed E-state index contributed by atoms with van der Waals surface area (Å²) in [6, 6.07) is 12.9. The van der Waals surface area contributed by atoms with Gasteiger partial charge < -0.3 is 9.84 Å². The van der Waals surface area contributed by atoms with Crippen LogP contribution in [0.25, 0.3) is 22.3 Å². The van der Waals surface area contributed by atoms with Crippen LogP contribution < -0.4 is 0 Å². The summed E-state index contributed by atoms with van der Waals surface area (Å²) in [5.41, 5.74) is 2.28. The predicted octanol–water partition coefficient (Wildman–Crippen LogP) is 6.28. The molecule has 2 heterocycles. The molecule has 1 fully saturated rings. The maximum atomic E-state index is 14.8. The van der Waals surface area contributed by atoms with Gasteiger partial charge in [-0.25, -0.2) is 27.5 Å². The number of aliphatic hydroxyl groups excluding tert-OH is 1. The zero-order valence-corrected chi connectivity index (χ0v) is 19.3. The van der Waals surface area contributed by atoms with Crippen molar-refractivity contribution >= 4 is 0 Å². The van der Waals surface area contributed by atoms with E-state index in [0.717, 1.165) is 5.56 Å². The molecule has 2 unspecified atom stereocenters. The molecule has 0 bridgehead atoms. The van der Waals surface area contributed by atoms with E-state index in [9.17, 15) is 22.7 Å². The summed E-state index contributed by atoms with van der Waals surface area (Å²) in [4.78, 5) is 7.96. The van der Waals surface area contributed by atoms with Gasteiger partial charge >= 0.3 is 0 Å². The van der Waals surface area contributed by atoms with Crippen molar-refractivity contribution in [3.63, 3.8) is 0 Å². The summed E-state index contributed by atoms with van der Waals surface area (Å²) < 4.78 is 63.5. The van der Waals surface area contributed by atoms with Crippen LogP contribution in [0.5, 0.6) is 0 Å². The molecular weight excluding hydrogens is 472 g/mol. The summed E-state index contributed by atoms with van der Waals surface area (Å²) >= 11 is 0. The standard InChI is InChI=1S/C28H22F4N2O2/c1-15(35)28-33-12-19(13-34-28)21-9-8-18(24(29)25(21)30)7-4-16-2-5-17(6-3-16)20-10-11-22(23-14-36-23)27(32)26(20)31/h2-3,5-6,8-13,15,23,35H,4,7,14H2,1H3. The third kappa shape index (κ3) is 4.74. The Morgan fingerprint density at radius 2 is 1.42 bits per heavy atom. The lowest BCUT2D eigenvalue weighted by molar-refractivity contribution is 0.189. The lowest BCUT2D eigenvalue weighted by Gasteiger charge is -2.10. The minimum atomic E-state index is -0.992. The maximum Gasteiger partial charge on any atom is 0.167 e. The van der Waals surface area contributed by atoms with Crippen molar-refractivity contribution < 1.29 is 27.4 Å². The third-order valence-electron chi connectivity index (χ3n) is 6.26. The zero-order valence-electron chi connectivity index (χ0n) is 19.3. The first-order valence-corrected chi connectivity index (χ1v) is 11.5. The van der Waals surface area contributed by atoms with E-state index in [2.05, 4.69) is 9.97 Å². The highest BCUT2D eigenvalue weighted by molar-refractivity contribution is 5.65. The van der Waals surface area contributed by atoms with Gasteiger partial charge in [0.2, 0.25) is 0 Å².